The first-order chi connectivity index (χ1) is 12.2. The molecular formula is C18H13N7. The van der Waals surface area contributed by atoms with Crippen molar-refractivity contribution in [3.8, 4) is 23.0 Å². The van der Waals surface area contributed by atoms with Gasteiger partial charge in [-0.05, 0) is 24.3 Å². The molecular weight excluding hydrogens is 314 g/mol. The van der Waals surface area contributed by atoms with Gasteiger partial charge in [-0.1, -0.05) is 24.3 Å². The van der Waals surface area contributed by atoms with E-state index < -0.39 is 0 Å². The first kappa shape index (κ1) is 14.7. The molecule has 25 heavy (non-hydrogen) atoms. The molecule has 0 aliphatic carbocycles. The molecule has 0 radical (unpaired) electrons. The maximum Gasteiger partial charge on any atom is 0.222 e. The van der Waals surface area contributed by atoms with Crippen molar-refractivity contribution in [1.82, 2.24) is 19.5 Å². The fourth-order valence-corrected chi connectivity index (χ4v) is 2.76. The summed E-state index contributed by atoms with van der Waals surface area (Å²) in [5, 5.41) is 9.31. The van der Waals surface area contributed by atoms with Gasteiger partial charge < -0.3 is 11.5 Å². The van der Waals surface area contributed by atoms with Crippen molar-refractivity contribution in [2.24, 2.45) is 0 Å². The molecule has 2 heterocycles. The van der Waals surface area contributed by atoms with E-state index in [2.05, 4.69) is 15.0 Å². The van der Waals surface area contributed by atoms with E-state index in [4.69, 9.17) is 11.5 Å². The molecule has 7 nitrogen and oxygen atoms in total. The maximum atomic E-state index is 9.31. The zero-order valence-electron chi connectivity index (χ0n) is 13.1. The first-order valence-electron chi connectivity index (χ1n) is 7.53. The van der Waals surface area contributed by atoms with Crippen molar-refractivity contribution in [3.05, 3.63) is 60.4 Å². The van der Waals surface area contributed by atoms with E-state index >= 15 is 0 Å². The van der Waals surface area contributed by atoms with Crippen LogP contribution in [-0.4, -0.2) is 19.5 Å². The number of nitrogen functional groups attached to an aromatic ring is 2. The topological polar surface area (TPSA) is 119 Å². The lowest BCUT2D eigenvalue weighted by Gasteiger charge is -2.08. The number of nitrogens with two attached hydrogens (primary N) is 2. The fourth-order valence-electron chi connectivity index (χ4n) is 2.76. The number of aromatic nitrogens is 4. The number of benzene rings is 2. The van der Waals surface area contributed by atoms with Gasteiger partial charge >= 0.3 is 0 Å². The van der Waals surface area contributed by atoms with Gasteiger partial charge in [0, 0.05) is 11.3 Å². The van der Waals surface area contributed by atoms with Gasteiger partial charge in [0.05, 0.1) is 16.7 Å². The number of rotatable bonds is 2. The Labute approximate surface area is 143 Å². The number of hydrogen-bond donors (Lipinski definition) is 2. The van der Waals surface area contributed by atoms with Gasteiger partial charge in [0.15, 0.2) is 0 Å². The van der Waals surface area contributed by atoms with Crippen LogP contribution in [-0.2, 0) is 0 Å². The Balaban J connectivity index is 1.81. The molecule has 4 aromatic rings. The number of fused-ring (bicyclic) bond motifs is 1. The summed E-state index contributed by atoms with van der Waals surface area (Å²) in [6.45, 7) is 0. The largest absolute Gasteiger partial charge is 0.382 e. The Morgan fingerprint density at radius 1 is 0.960 bits per heavy atom. The second-order valence-electron chi connectivity index (χ2n) is 5.45. The Kier molecular flexibility index (Phi) is 3.29. The normalized spacial score (nSPS) is 10.7. The van der Waals surface area contributed by atoms with Crippen LogP contribution in [0.2, 0.25) is 0 Å². The summed E-state index contributed by atoms with van der Waals surface area (Å²) in [4.78, 5) is 12.4. The molecule has 120 valence electrons. The predicted molar refractivity (Wildman–Crippen MR) is 95.6 cm³/mol. The lowest BCUT2D eigenvalue weighted by molar-refractivity contribution is 1.09. The van der Waals surface area contributed by atoms with Gasteiger partial charge in [-0.3, -0.25) is 4.57 Å². The van der Waals surface area contributed by atoms with Gasteiger partial charge in [0.2, 0.25) is 5.95 Å². The minimum absolute atomic E-state index is 0.0381. The Morgan fingerprint density at radius 2 is 1.72 bits per heavy atom. The highest BCUT2D eigenvalue weighted by Gasteiger charge is 2.13. The van der Waals surface area contributed by atoms with Crippen LogP contribution >= 0.6 is 0 Å². The van der Waals surface area contributed by atoms with Gasteiger partial charge in [-0.2, -0.15) is 10.2 Å². The molecule has 4 N–H and O–H groups in total. The Hall–Kier alpha value is -3.92. The van der Waals surface area contributed by atoms with Crippen LogP contribution in [0.25, 0.3) is 28.0 Å². The smallest absolute Gasteiger partial charge is 0.222 e. The highest BCUT2D eigenvalue weighted by atomic mass is 15.1. The van der Waals surface area contributed by atoms with Crippen LogP contribution in [0.5, 0.6) is 0 Å². The number of para-hydroxylation sites is 2. The maximum absolute atomic E-state index is 9.31. The van der Waals surface area contributed by atoms with Crippen molar-refractivity contribution in [2.45, 2.75) is 0 Å². The molecule has 0 saturated carbocycles. The number of nitrogens with zero attached hydrogens (tertiary/aromatic N) is 5. The summed E-state index contributed by atoms with van der Waals surface area (Å²) in [7, 11) is 0. The summed E-state index contributed by atoms with van der Waals surface area (Å²) in [6.07, 6.45) is 1.78. The SMILES string of the molecule is N#Cc1c(N)nc(N)nc1-c1ccc(-n2cnc3ccccc32)cc1. The zero-order valence-corrected chi connectivity index (χ0v) is 13.1. The second-order valence-corrected chi connectivity index (χ2v) is 5.45. The van der Waals surface area contributed by atoms with Crippen LogP contribution in [0.4, 0.5) is 11.8 Å². The Bertz CT molecular complexity index is 1120. The van der Waals surface area contributed by atoms with Crippen molar-refractivity contribution in [3.63, 3.8) is 0 Å². The van der Waals surface area contributed by atoms with E-state index in [1.807, 2.05) is 59.2 Å². The Morgan fingerprint density at radius 3 is 2.48 bits per heavy atom. The highest BCUT2D eigenvalue weighted by Crippen LogP contribution is 2.27. The van der Waals surface area contributed by atoms with E-state index in [9.17, 15) is 5.26 Å². The molecule has 4 rings (SSSR count). The van der Waals surface area contributed by atoms with E-state index in [0.717, 1.165) is 22.3 Å². The summed E-state index contributed by atoms with van der Waals surface area (Å²) < 4.78 is 1.99. The molecule has 0 saturated heterocycles. The summed E-state index contributed by atoms with van der Waals surface area (Å²) in [5.74, 6) is 0.117. The van der Waals surface area contributed by atoms with E-state index in [1.54, 1.807) is 6.33 Å². The molecule has 0 amide bonds. The first-order valence-corrected chi connectivity index (χ1v) is 7.53. The van der Waals surface area contributed by atoms with Crippen LogP contribution in [0.3, 0.4) is 0 Å². The molecule has 0 aliphatic rings. The van der Waals surface area contributed by atoms with Crippen LogP contribution in [0.1, 0.15) is 5.56 Å². The van der Waals surface area contributed by atoms with Crippen LogP contribution in [0, 0.1) is 11.3 Å². The molecule has 0 unspecified atom stereocenters. The molecule has 0 atom stereocenters. The standard InChI is InChI=1S/C18H13N7/c19-9-13-16(23-18(21)24-17(13)20)11-5-7-12(8-6-11)25-10-22-14-3-1-2-4-15(14)25/h1-8,10H,(H4,20,21,23,24). The average molecular weight is 327 g/mol. The van der Waals surface area contributed by atoms with Crippen LogP contribution < -0.4 is 11.5 Å². The minimum Gasteiger partial charge on any atom is -0.382 e. The number of anilines is 2. The number of hydrogen-bond acceptors (Lipinski definition) is 6. The van der Waals surface area contributed by atoms with Gasteiger partial charge in [0.25, 0.3) is 0 Å². The second kappa shape index (κ2) is 5.62. The van der Waals surface area contributed by atoms with Crippen LogP contribution in [0.15, 0.2) is 54.9 Å². The minimum atomic E-state index is 0.0381. The molecule has 0 spiro atoms. The van der Waals surface area contributed by atoms with Crippen molar-refractivity contribution in [1.29, 1.82) is 5.26 Å². The van der Waals surface area contributed by atoms with E-state index in [0.29, 0.717) is 5.69 Å². The van der Waals surface area contributed by atoms with Gasteiger partial charge in [-0.25, -0.2) is 9.97 Å². The van der Waals surface area contributed by atoms with Gasteiger partial charge in [-0.15, -0.1) is 0 Å². The van der Waals surface area contributed by atoms with Crippen molar-refractivity contribution >= 4 is 22.8 Å². The number of nitriles is 1. The van der Waals surface area contributed by atoms with E-state index in [-0.39, 0.29) is 17.3 Å². The lowest BCUT2D eigenvalue weighted by Crippen LogP contribution is -2.05. The third kappa shape index (κ3) is 2.42. The summed E-state index contributed by atoms with van der Waals surface area (Å²) in [5.41, 5.74) is 15.7. The fraction of sp³-hybridized carbons (Fsp3) is 0. The van der Waals surface area contributed by atoms with E-state index in [1.165, 1.54) is 0 Å². The molecule has 0 bridgehead atoms. The summed E-state index contributed by atoms with van der Waals surface area (Å²) >= 11 is 0. The molecule has 2 aromatic heterocycles. The lowest BCUT2D eigenvalue weighted by atomic mass is 10.1. The average Bonchev–Trinajstić information content (AvgIpc) is 3.05. The quantitative estimate of drug-likeness (QED) is 0.584. The monoisotopic (exact) mass is 327 g/mol. The van der Waals surface area contributed by atoms with Gasteiger partial charge in [0.1, 0.15) is 23.8 Å². The molecule has 0 aliphatic heterocycles. The van der Waals surface area contributed by atoms with Crippen molar-refractivity contribution in [2.75, 3.05) is 11.5 Å². The third-order valence-electron chi connectivity index (χ3n) is 3.94. The molecule has 7 heteroatoms. The highest BCUT2D eigenvalue weighted by molar-refractivity contribution is 5.78. The van der Waals surface area contributed by atoms with Crippen molar-refractivity contribution < 1.29 is 0 Å². The predicted octanol–water partition coefficient (Wildman–Crippen LogP) is 2.52. The third-order valence-corrected chi connectivity index (χ3v) is 3.94. The number of imidazole rings is 1. The zero-order chi connectivity index (χ0) is 17.4. The molecule has 2 aromatic carbocycles. The molecule has 0 fully saturated rings. The summed E-state index contributed by atoms with van der Waals surface area (Å²) in [6, 6.07) is 17.5.